The van der Waals surface area contributed by atoms with Crippen LogP contribution in [0.4, 0.5) is 5.69 Å². The second kappa shape index (κ2) is 3.72. The Hall–Kier alpha value is -2.10. The minimum Gasteiger partial charge on any atom is -0.325 e. The SMILES string of the molecule is CC1(C)C(=O)Nc2cc(-n3cnc(C4CC4)c3)ccc21. The minimum absolute atomic E-state index is 0.0638. The number of fused-ring (bicyclic) bond motifs is 1. The molecular formula is C16H17N3O. The molecule has 2 aliphatic rings. The summed E-state index contributed by atoms with van der Waals surface area (Å²) in [7, 11) is 0. The lowest BCUT2D eigenvalue weighted by Crippen LogP contribution is -2.26. The fourth-order valence-corrected chi connectivity index (χ4v) is 2.81. The second-order valence-corrected chi connectivity index (χ2v) is 6.29. The van der Waals surface area contributed by atoms with Crippen LogP contribution in [0.5, 0.6) is 0 Å². The molecule has 0 spiro atoms. The van der Waals surface area contributed by atoms with Gasteiger partial charge in [-0.15, -0.1) is 0 Å². The molecule has 1 aliphatic carbocycles. The van der Waals surface area contributed by atoms with E-state index in [0.29, 0.717) is 5.92 Å². The first-order chi connectivity index (χ1) is 9.55. The topological polar surface area (TPSA) is 46.9 Å². The van der Waals surface area contributed by atoms with Crippen LogP contribution in [-0.4, -0.2) is 15.5 Å². The smallest absolute Gasteiger partial charge is 0.234 e. The van der Waals surface area contributed by atoms with Crippen LogP contribution in [-0.2, 0) is 10.2 Å². The van der Waals surface area contributed by atoms with E-state index in [0.717, 1.165) is 16.9 Å². The predicted octanol–water partition coefficient (Wildman–Crippen LogP) is 2.98. The van der Waals surface area contributed by atoms with Crippen molar-refractivity contribution < 1.29 is 4.79 Å². The largest absolute Gasteiger partial charge is 0.325 e. The number of nitrogens with zero attached hydrogens (tertiary/aromatic N) is 2. The van der Waals surface area contributed by atoms with E-state index in [9.17, 15) is 4.79 Å². The van der Waals surface area contributed by atoms with E-state index in [2.05, 4.69) is 22.6 Å². The molecule has 0 bridgehead atoms. The molecule has 1 aromatic carbocycles. The van der Waals surface area contributed by atoms with Crippen molar-refractivity contribution in [3.8, 4) is 5.69 Å². The maximum absolute atomic E-state index is 12.0. The number of hydrogen-bond acceptors (Lipinski definition) is 2. The van der Waals surface area contributed by atoms with Crippen molar-refractivity contribution >= 4 is 11.6 Å². The van der Waals surface area contributed by atoms with Crippen LogP contribution in [0.15, 0.2) is 30.7 Å². The standard InChI is InChI=1S/C16H17N3O/c1-16(2)12-6-5-11(7-13(12)18-15(16)20)19-8-14(17-9-19)10-3-4-10/h5-10H,3-4H2,1-2H3,(H,18,20). The molecule has 1 N–H and O–H groups in total. The van der Waals surface area contributed by atoms with Crippen LogP contribution in [0, 0.1) is 0 Å². The molecule has 0 atom stereocenters. The minimum atomic E-state index is -0.442. The average Bonchev–Trinajstić information content (AvgIpc) is 3.10. The summed E-state index contributed by atoms with van der Waals surface area (Å²) < 4.78 is 2.03. The number of aromatic nitrogens is 2. The molecule has 4 heteroatoms. The van der Waals surface area contributed by atoms with Gasteiger partial charge in [0.2, 0.25) is 5.91 Å². The third kappa shape index (κ3) is 1.60. The van der Waals surface area contributed by atoms with Crippen molar-refractivity contribution in [1.82, 2.24) is 9.55 Å². The zero-order valence-electron chi connectivity index (χ0n) is 11.7. The Morgan fingerprint density at radius 1 is 1.35 bits per heavy atom. The van der Waals surface area contributed by atoms with Crippen molar-refractivity contribution in [2.24, 2.45) is 0 Å². The molecule has 102 valence electrons. The number of carbonyl (C=O) groups excluding carboxylic acids is 1. The summed E-state index contributed by atoms with van der Waals surface area (Å²) in [6, 6.07) is 6.12. The van der Waals surface area contributed by atoms with Gasteiger partial charge in [0.25, 0.3) is 0 Å². The highest BCUT2D eigenvalue weighted by Crippen LogP contribution is 2.40. The Kier molecular flexibility index (Phi) is 2.18. The Morgan fingerprint density at radius 2 is 2.15 bits per heavy atom. The van der Waals surface area contributed by atoms with Gasteiger partial charge in [0.05, 0.1) is 17.4 Å². The van der Waals surface area contributed by atoms with Gasteiger partial charge in [-0.25, -0.2) is 4.98 Å². The molecule has 1 fully saturated rings. The number of imidazole rings is 1. The molecule has 4 rings (SSSR count). The first-order valence-corrected chi connectivity index (χ1v) is 7.06. The molecule has 1 saturated carbocycles. The van der Waals surface area contributed by atoms with Crippen molar-refractivity contribution in [2.45, 2.75) is 38.0 Å². The lowest BCUT2D eigenvalue weighted by molar-refractivity contribution is -0.119. The molecule has 0 unspecified atom stereocenters. The first-order valence-electron chi connectivity index (χ1n) is 7.06. The van der Waals surface area contributed by atoms with E-state index in [1.807, 2.05) is 36.9 Å². The Morgan fingerprint density at radius 3 is 2.90 bits per heavy atom. The number of rotatable bonds is 2. The number of anilines is 1. The summed E-state index contributed by atoms with van der Waals surface area (Å²) in [4.78, 5) is 16.4. The van der Waals surface area contributed by atoms with Gasteiger partial charge in [-0.3, -0.25) is 4.79 Å². The van der Waals surface area contributed by atoms with Gasteiger partial charge in [0.1, 0.15) is 0 Å². The van der Waals surface area contributed by atoms with Crippen LogP contribution in [0.3, 0.4) is 0 Å². The zero-order chi connectivity index (χ0) is 13.9. The van der Waals surface area contributed by atoms with Crippen LogP contribution in [0.25, 0.3) is 5.69 Å². The van der Waals surface area contributed by atoms with Gasteiger partial charge in [-0.1, -0.05) is 6.07 Å². The maximum atomic E-state index is 12.0. The summed E-state index contributed by atoms with van der Waals surface area (Å²) in [6.07, 6.45) is 6.47. The number of nitrogens with one attached hydrogen (secondary N) is 1. The van der Waals surface area contributed by atoms with Crippen molar-refractivity contribution in [1.29, 1.82) is 0 Å². The molecule has 0 saturated heterocycles. The number of carbonyl (C=O) groups is 1. The molecule has 20 heavy (non-hydrogen) atoms. The van der Waals surface area contributed by atoms with Crippen LogP contribution in [0.2, 0.25) is 0 Å². The van der Waals surface area contributed by atoms with Crippen molar-refractivity contribution in [3.63, 3.8) is 0 Å². The highest BCUT2D eigenvalue weighted by molar-refractivity contribution is 6.05. The Labute approximate surface area is 117 Å². The summed E-state index contributed by atoms with van der Waals surface area (Å²) in [5.41, 5.74) is 3.76. The van der Waals surface area contributed by atoms with Crippen LogP contribution >= 0.6 is 0 Å². The third-order valence-electron chi connectivity index (χ3n) is 4.39. The summed E-state index contributed by atoms with van der Waals surface area (Å²) in [5, 5.41) is 2.97. The summed E-state index contributed by atoms with van der Waals surface area (Å²) in [6.45, 7) is 3.91. The van der Waals surface area contributed by atoms with E-state index in [4.69, 9.17) is 0 Å². The number of amides is 1. The van der Waals surface area contributed by atoms with Crippen LogP contribution < -0.4 is 5.32 Å². The van der Waals surface area contributed by atoms with E-state index < -0.39 is 5.41 Å². The first kappa shape index (κ1) is 11.7. The van der Waals surface area contributed by atoms with E-state index in [-0.39, 0.29) is 5.91 Å². The number of hydrogen-bond donors (Lipinski definition) is 1. The predicted molar refractivity (Wildman–Crippen MR) is 77.2 cm³/mol. The van der Waals surface area contributed by atoms with E-state index >= 15 is 0 Å². The summed E-state index contributed by atoms with van der Waals surface area (Å²) >= 11 is 0. The second-order valence-electron chi connectivity index (χ2n) is 6.29. The molecule has 2 heterocycles. The highest BCUT2D eigenvalue weighted by Gasteiger charge is 2.38. The fourth-order valence-electron chi connectivity index (χ4n) is 2.81. The normalized spacial score (nSPS) is 19.8. The Bertz CT molecular complexity index is 710. The van der Waals surface area contributed by atoms with Crippen molar-refractivity contribution in [3.05, 3.63) is 42.0 Å². The maximum Gasteiger partial charge on any atom is 0.234 e. The van der Waals surface area contributed by atoms with Gasteiger partial charge in [0, 0.05) is 23.5 Å². The summed E-state index contributed by atoms with van der Waals surface area (Å²) in [5.74, 6) is 0.721. The van der Waals surface area contributed by atoms with E-state index in [1.54, 1.807) is 0 Å². The average molecular weight is 267 g/mol. The highest BCUT2D eigenvalue weighted by atomic mass is 16.2. The third-order valence-corrected chi connectivity index (χ3v) is 4.39. The van der Waals surface area contributed by atoms with Crippen LogP contribution in [0.1, 0.15) is 43.9 Å². The zero-order valence-corrected chi connectivity index (χ0v) is 11.7. The lowest BCUT2D eigenvalue weighted by Gasteiger charge is -2.15. The monoisotopic (exact) mass is 267 g/mol. The molecule has 4 nitrogen and oxygen atoms in total. The molecule has 1 aromatic heterocycles. The van der Waals surface area contributed by atoms with Gasteiger partial charge >= 0.3 is 0 Å². The van der Waals surface area contributed by atoms with Gasteiger partial charge in [-0.05, 0) is 44.4 Å². The van der Waals surface area contributed by atoms with Gasteiger partial charge in [-0.2, -0.15) is 0 Å². The van der Waals surface area contributed by atoms with Gasteiger partial charge in [0.15, 0.2) is 0 Å². The lowest BCUT2D eigenvalue weighted by atomic mass is 9.86. The van der Waals surface area contributed by atoms with Crippen molar-refractivity contribution in [2.75, 3.05) is 5.32 Å². The fraction of sp³-hybridized carbons (Fsp3) is 0.375. The molecule has 2 aromatic rings. The Balaban J connectivity index is 1.74. The molecular weight excluding hydrogens is 250 g/mol. The number of benzene rings is 1. The molecule has 1 aliphatic heterocycles. The van der Waals surface area contributed by atoms with E-state index in [1.165, 1.54) is 18.5 Å². The molecule has 1 amide bonds. The molecule has 0 radical (unpaired) electrons. The van der Waals surface area contributed by atoms with Gasteiger partial charge < -0.3 is 9.88 Å². The quantitative estimate of drug-likeness (QED) is 0.909.